The van der Waals surface area contributed by atoms with Gasteiger partial charge in [0.15, 0.2) is 0 Å². The van der Waals surface area contributed by atoms with E-state index < -0.39 is 15.6 Å². The summed E-state index contributed by atoms with van der Waals surface area (Å²) in [4.78, 5) is 15.8. The van der Waals surface area contributed by atoms with Crippen molar-refractivity contribution < 1.29 is 17.9 Å². The molecule has 1 fully saturated rings. The van der Waals surface area contributed by atoms with E-state index >= 15 is 0 Å². The van der Waals surface area contributed by atoms with Gasteiger partial charge in [0.25, 0.3) is 5.91 Å². The lowest BCUT2D eigenvalue weighted by molar-refractivity contribution is 0.0731. The maximum atomic E-state index is 13.9. The van der Waals surface area contributed by atoms with Crippen LogP contribution in [-0.2, 0) is 27.8 Å². The number of benzene rings is 3. The summed E-state index contributed by atoms with van der Waals surface area (Å²) in [7, 11) is -3.54. The zero-order valence-corrected chi connectivity index (χ0v) is 24.6. The number of nitrogens with two attached hydrogens (primary N) is 1. The Morgan fingerprint density at radius 1 is 1.05 bits per heavy atom. The lowest BCUT2D eigenvalue weighted by Crippen LogP contribution is -2.43. The SMILES string of the molecule is CCCN(c1cc(COCC(C)(N)Cc2ccccc2)cc(C(=O)N2CCCC2c2ccccc2)c1)S(C)(=O)=O. The van der Waals surface area contributed by atoms with Gasteiger partial charge in [0, 0.05) is 24.2 Å². The molecule has 1 saturated heterocycles. The molecule has 1 heterocycles. The van der Waals surface area contributed by atoms with Gasteiger partial charge in [0.1, 0.15) is 0 Å². The van der Waals surface area contributed by atoms with Gasteiger partial charge in [-0.3, -0.25) is 9.10 Å². The Bertz CT molecular complexity index is 1380. The van der Waals surface area contributed by atoms with Crippen LogP contribution in [0, 0.1) is 0 Å². The van der Waals surface area contributed by atoms with Crippen molar-refractivity contribution in [2.24, 2.45) is 5.73 Å². The number of hydrogen-bond acceptors (Lipinski definition) is 5. The highest BCUT2D eigenvalue weighted by Gasteiger charge is 2.31. The summed E-state index contributed by atoms with van der Waals surface area (Å²) in [5.74, 6) is -0.104. The monoisotopic (exact) mass is 563 g/mol. The van der Waals surface area contributed by atoms with Crippen molar-refractivity contribution in [1.82, 2.24) is 4.90 Å². The second-order valence-electron chi connectivity index (χ2n) is 11.1. The summed E-state index contributed by atoms with van der Waals surface area (Å²) >= 11 is 0. The van der Waals surface area contributed by atoms with Crippen LogP contribution in [0.1, 0.15) is 66.2 Å². The Hall–Kier alpha value is -3.20. The molecule has 2 N–H and O–H groups in total. The van der Waals surface area contributed by atoms with Crippen LogP contribution in [0.4, 0.5) is 5.69 Å². The maximum Gasteiger partial charge on any atom is 0.254 e. The summed E-state index contributed by atoms with van der Waals surface area (Å²) < 4.78 is 32.9. The van der Waals surface area contributed by atoms with Crippen molar-refractivity contribution in [3.8, 4) is 0 Å². The van der Waals surface area contributed by atoms with Gasteiger partial charge in [-0.2, -0.15) is 0 Å². The largest absolute Gasteiger partial charge is 0.375 e. The molecule has 0 radical (unpaired) electrons. The second-order valence-corrected chi connectivity index (χ2v) is 13.0. The molecule has 0 bridgehead atoms. The first-order chi connectivity index (χ1) is 19.1. The lowest BCUT2D eigenvalue weighted by atomic mass is 9.95. The third-order valence-electron chi connectivity index (χ3n) is 7.19. The van der Waals surface area contributed by atoms with E-state index in [0.29, 0.717) is 43.8 Å². The van der Waals surface area contributed by atoms with Crippen molar-refractivity contribution in [3.63, 3.8) is 0 Å². The number of amides is 1. The van der Waals surface area contributed by atoms with E-state index in [1.807, 2.05) is 73.3 Å². The van der Waals surface area contributed by atoms with Crippen molar-refractivity contribution in [1.29, 1.82) is 0 Å². The van der Waals surface area contributed by atoms with Crippen LogP contribution in [0.15, 0.2) is 78.9 Å². The Labute approximate surface area is 239 Å². The zero-order valence-electron chi connectivity index (χ0n) is 23.8. The molecule has 0 saturated carbocycles. The Morgan fingerprint density at radius 3 is 2.38 bits per heavy atom. The summed E-state index contributed by atoms with van der Waals surface area (Å²) in [5.41, 5.74) is 9.87. The number of hydrogen-bond donors (Lipinski definition) is 1. The average molecular weight is 564 g/mol. The molecular formula is C32H41N3O4S. The summed E-state index contributed by atoms with van der Waals surface area (Å²) in [6, 6.07) is 25.4. The van der Waals surface area contributed by atoms with E-state index in [1.54, 1.807) is 12.1 Å². The second kappa shape index (κ2) is 13.0. The van der Waals surface area contributed by atoms with Crippen LogP contribution in [-0.4, -0.2) is 50.7 Å². The molecule has 1 aliphatic rings. The fourth-order valence-electron chi connectivity index (χ4n) is 5.43. The van der Waals surface area contributed by atoms with Crippen LogP contribution >= 0.6 is 0 Å². The van der Waals surface area contributed by atoms with E-state index in [1.165, 1.54) is 10.6 Å². The molecule has 1 amide bonds. The molecule has 8 heteroatoms. The Balaban J connectivity index is 1.59. The van der Waals surface area contributed by atoms with Crippen molar-refractivity contribution in [2.75, 3.05) is 30.3 Å². The first-order valence-electron chi connectivity index (χ1n) is 14.0. The summed E-state index contributed by atoms with van der Waals surface area (Å²) in [5, 5.41) is 0. The molecule has 2 atom stereocenters. The number of anilines is 1. The van der Waals surface area contributed by atoms with Gasteiger partial charge in [-0.1, -0.05) is 67.6 Å². The van der Waals surface area contributed by atoms with E-state index in [2.05, 4.69) is 12.1 Å². The van der Waals surface area contributed by atoms with Crippen LogP contribution in [0.25, 0.3) is 0 Å². The Morgan fingerprint density at radius 2 is 1.73 bits per heavy atom. The van der Waals surface area contributed by atoms with Crippen molar-refractivity contribution in [3.05, 3.63) is 101 Å². The highest BCUT2D eigenvalue weighted by atomic mass is 32.2. The highest BCUT2D eigenvalue weighted by Crippen LogP contribution is 2.34. The van der Waals surface area contributed by atoms with Gasteiger partial charge in [0.2, 0.25) is 10.0 Å². The molecule has 40 heavy (non-hydrogen) atoms. The minimum atomic E-state index is -3.54. The number of rotatable bonds is 12. The third-order valence-corrected chi connectivity index (χ3v) is 8.38. The van der Waals surface area contributed by atoms with Crippen molar-refractivity contribution in [2.45, 2.75) is 57.7 Å². The minimum absolute atomic E-state index is 0.00496. The fourth-order valence-corrected chi connectivity index (χ4v) is 6.43. The van der Waals surface area contributed by atoms with E-state index in [9.17, 15) is 13.2 Å². The lowest BCUT2D eigenvalue weighted by Gasteiger charge is -2.27. The Kier molecular flexibility index (Phi) is 9.66. The summed E-state index contributed by atoms with van der Waals surface area (Å²) in [6.07, 6.45) is 4.31. The van der Waals surface area contributed by atoms with Crippen LogP contribution < -0.4 is 10.0 Å². The minimum Gasteiger partial charge on any atom is -0.375 e. The zero-order chi connectivity index (χ0) is 28.8. The molecule has 214 valence electrons. The van der Waals surface area contributed by atoms with Crippen molar-refractivity contribution >= 4 is 21.6 Å². The molecule has 3 aromatic rings. The number of sulfonamides is 1. The first kappa shape index (κ1) is 29.8. The van der Waals surface area contributed by atoms with Gasteiger partial charge >= 0.3 is 0 Å². The van der Waals surface area contributed by atoms with E-state index in [-0.39, 0.29) is 18.6 Å². The van der Waals surface area contributed by atoms with Gasteiger partial charge in [-0.25, -0.2) is 8.42 Å². The number of carbonyl (C=O) groups is 1. The fraction of sp³-hybridized carbons (Fsp3) is 0.406. The predicted octanol–water partition coefficient (Wildman–Crippen LogP) is 5.32. The first-order valence-corrected chi connectivity index (χ1v) is 15.8. The normalized spacial score (nSPS) is 17.0. The van der Waals surface area contributed by atoms with Gasteiger partial charge in [-0.05, 0) is 67.5 Å². The quantitative estimate of drug-likeness (QED) is 0.322. The maximum absolute atomic E-state index is 13.9. The molecule has 0 aliphatic carbocycles. The molecule has 0 spiro atoms. The molecule has 1 aliphatic heterocycles. The third kappa shape index (κ3) is 7.71. The molecule has 0 aromatic heterocycles. The molecular weight excluding hydrogens is 522 g/mol. The number of ether oxygens (including phenoxy) is 1. The standard InChI is InChI=1S/C32H41N3O4S/c1-4-17-35(40(3,37)38)29-20-26(23-39-24-32(2,33)22-25-12-7-5-8-13-25)19-28(21-29)31(36)34-18-11-16-30(34)27-14-9-6-10-15-27/h5-10,12-15,19-21,30H,4,11,16-18,22-24,33H2,1-3H3. The average Bonchev–Trinajstić information content (AvgIpc) is 3.41. The van der Waals surface area contributed by atoms with Crippen LogP contribution in [0.5, 0.6) is 0 Å². The van der Waals surface area contributed by atoms with Gasteiger partial charge in [-0.15, -0.1) is 0 Å². The number of nitrogens with zero attached hydrogens (tertiary/aromatic N) is 2. The van der Waals surface area contributed by atoms with Crippen LogP contribution in [0.3, 0.4) is 0 Å². The highest BCUT2D eigenvalue weighted by molar-refractivity contribution is 7.92. The molecule has 2 unspecified atom stereocenters. The number of carbonyl (C=O) groups excluding carboxylic acids is 1. The van der Waals surface area contributed by atoms with Gasteiger partial charge in [0.05, 0.1) is 31.2 Å². The number of likely N-dealkylation sites (tertiary alicyclic amines) is 1. The van der Waals surface area contributed by atoms with E-state index in [0.717, 1.165) is 29.5 Å². The predicted molar refractivity (Wildman–Crippen MR) is 161 cm³/mol. The molecule has 3 aromatic carbocycles. The molecule has 4 rings (SSSR count). The van der Waals surface area contributed by atoms with Gasteiger partial charge < -0.3 is 15.4 Å². The molecule has 7 nitrogen and oxygen atoms in total. The smallest absolute Gasteiger partial charge is 0.254 e. The topological polar surface area (TPSA) is 92.9 Å². The van der Waals surface area contributed by atoms with E-state index in [4.69, 9.17) is 10.5 Å². The van der Waals surface area contributed by atoms with Crippen LogP contribution in [0.2, 0.25) is 0 Å². The summed E-state index contributed by atoms with van der Waals surface area (Å²) in [6.45, 7) is 5.38.